The van der Waals surface area contributed by atoms with E-state index in [9.17, 15) is 36.6 Å². The predicted molar refractivity (Wildman–Crippen MR) is 150 cm³/mol. The number of ketones is 1. The number of hydrogen-bond acceptors (Lipinski definition) is 6. The van der Waals surface area contributed by atoms with E-state index in [2.05, 4.69) is 16.0 Å². The summed E-state index contributed by atoms with van der Waals surface area (Å²) in [5.41, 5.74) is -0.799. The number of unbranched alkanes of at least 4 members (excludes halogenated alkanes) is 1. The highest BCUT2D eigenvalue weighted by molar-refractivity contribution is 8.69. The molecule has 40 heavy (non-hydrogen) atoms. The number of carbonyl (C=O) groups is 4. The van der Waals surface area contributed by atoms with Crippen LogP contribution in [0.5, 0.6) is 0 Å². The van der Waals surface area contributed by atoms with Crippen LogP contribution in [0.3, 0.4) is 0 Å². The number of carbonyl (C=O) groups excluding carboxylic acids is 4. The Balaban J connectivity index is 2.09. The van der Waals surface area contributed by atoms with E-state index in [1.165, 1.54) is 22.9 Å². The van der Waals surface area contributed by atoms with Crippen molar-refractivity contribution in [3.05, 3.63) is 35.4 Å². The molecule has 3 N–H and O–H groups in total. The maximum atomic E-state index is 13.2. The zero-order chi connectivity index (χ0) is 29.9. The van der Waals surface area contributed by atoms with Crippen LogP contribution in [0.4, 0.5) is 13.2 Å². The van der Waals surface area contributed by atoms with Gasteiger partial charge in [0.1, 0.15) is 12.1 Å². The van der Waals surface area contributed by atoms with Crippen LogP contribution < -0.4 is 16.0 Å². The zero-order valence-corrected chi connectivity index (χ0v) is 24.6. The fourth-order valence-electron chi connectivity index (χ4n) is 4.32. The van der Waals surface area contributed by atoms with Crippen molar-refractivity contribution in [2.24, 2.45) is 5.92 Å². The van der Waals surface area contributed by atoms with Crippen molar-refractivity contribution in [3.8, 4) is 0 Å². The number of Topliss-reactive ketones (excluding diaryl/α,β-unsaturated/α-hetero) is 1. The second kappa shape index (κ2) is 16.1. The molecule has 1 fully saturated rings. The summed E-state index contributed by atoms with van der Waals surface area (Å²) >= 11 is 0. The molecule has 0 radical (unpaired) electrons. The molecule has 0 aromatic heterocycles. The third kappa shape index (κ3) is 11.2. The Kier molecular flexibility index (Phi) is 13.6. The maximum absolute atomic E-state index is 13.2. The van der Waals surface area contributed by atoms with E-state index >= 15 is 0 Å². The summed E-state index contributed by atoms with van der Waals surface area (Å²) in [6.45, 7) is 5.46. The van der Waals surface area contributed by atoms with Crippen LogP contribution >= 0.6 is 10.8 Å². The molecule has 8 nitrogen and oxygen atoms in total. The third-order valence-electron chi connectivity index (χ3n) is 6.34. The number of halogens is 3. The number of nitrogens with one attached hydrogen (secondary N) is 3. The van der Waals surface area contributed by atoms with Crippen molar-refractivity contribution in [1.82, 2.24) is 16.0 Å². The summed E-state index contributed by atoms with van der Waals surface area (Å²) in [4.78, 5) is 51.0. The van der Waals surface area contributed by atoms with Gasteiger partial charge < -0.3 is 16.0 Å². The number of rotatable bonds is 15. The second-order valence-electron chi connectivity index (χ2n) is 10.2. The minimum atomic E-state index is -4.60. The second-order valence-corrected chi connectivity index (χ2v) is 13.7. The monoisotopic (exact) mass is 605 g/mol. The predicted octanol–water partition coefficient (Wildman–Crippen LogP) is 3.70. The molecule has 13 heteroatoms. The van der Waals surface area contributed by atoms with E-state index in [0.717, 1.165) is 37.1 Å². The molecule has 2 unspecified atom stereocenters. The third-order valence-corrected chi connectivity index (χ3v) is 10.0. The van der Waals surface area contributed by atoms with Crippen molar-refractivity contribution in [2.75, 3.05) is 12.3 Å². The molecule has 2 rings (SSSR count). The van der Waals surface area contributed by atoms with Crippen molar-refractivity contribution >= 4 is 44.1 Å². The van der Waals surface area contributed by atoms with E-state index in [1.54, 1.807) is 6.92 Å². The van der Waals surface area contributed by atoms with Gasteiger partial charge in [-0.1, -0.05) is 49.3 Å². The summed E-state index contributed by atoms with van der Waals surface area (Å²) in [6, 6.07) is 1.91. The van der Waals surface area contributed by atoms with Crippen LogP contribution in [0, 0.1) is 5.92 Å². The van der Waals surface area contributed by atoms with Crippen molar-refractivity contribution in [3.63, 3.8) is 0 Å². The molecule has 1 aromatic carbocycles. The molecule has 0 spiro atoms. The van der Waals surface area contributed by atoms with Crippen molar-refractivity contribution < 1.29 is 36.6 Å². The topological polar surface area (TPSA) is 121 Å². The van der Waals surface area contributed by atoms with Crippen molar-refractivity contribution in [2.45, 2.75) is 89.2 Å². The first-order valence-corrected chi connectivity index (χ1v) is 16.1. The van der Waals surface area contributed by atoms with Crippen LogP contribution in [0.25, 0.3) is 0 Å². The Bertz CT molecular complexity index is 1070. The average molecular weight is 606 g/mol. The molecule has 1 aromatic rings. The molecule has 224 valence electrons. The zero-order valence-electron chi connectivity index (χ0n) is 23.0. The molecule has 1 saturated heterocycles. The van der Waals surface area contributed by atoms with Gasteiger partial charge in [0.2, 0.25) is 17.6 Å². The number of likely N-dealkylation sites (N-methyl/N-ethyl adjacent to an activating group) is 1. The van der Waals surface area contributed by atoms with Gasteiger partial charge in [-0.2, -0.15) is 13.2 Å². The molecule has 3 amide bonds. The average Bonchev–Trinajstić information content (AvgIpc) is 3.29. The smallest absolute Gasteiger partial charge is 0.350 e. The molecule has 0 saturated carbocycles. The van der Waals surface area contributed by atoms with Gasteiger partial charge >= 0.3 is 6.18 Å². The lowest BCUT2D eigenvalue weighted by Gasteiger charge is -2.24. The van der Waals surface area contributed by atoms with E-state index in [1.807, 2.05) is 13.8 Å². The first-order chi connectivity index (χ1) is 18.8. The summed E-state index contributed by atoms with van der Waals surface area (Å²) < 4.78 is 51.5. The minimum absolute atomic E-state index is 0.00750. The molecule has 4 atom stereocenters. The highest BCUT2D eigenvalue weighted by atomic mass is 33.1. The van der Waals surface area contributed by atoms with Crippen LogP contribution in [0.2, 0.25) is 0 Å². The van der Waals surface area contributed by atoms with Gasteiger partial charge in [-0.15, -0.1) is 0 Å². The lowest BCUT2D eigenvalue weighted by molar-refractivity contribution is -0.140. The number of alkyl halides is 3. The maximum Gasteiger partial charge on any atom is 0.416 e. The van der Waals surface area contributed by atoms with Gasteiger partial charge in [0, 0.05) is 30.4 Å². The highest BCUT2D eigenvalue weighted by Gasteiger charge is 2.33. The van der Waals surface area contributed by atoms with E-state index in [0.29, 0.717) is 6.42 Å². The van der Waals surface area contributed by atoms with Crippen LogP contribution in [0.15, 0.2) is 24.3 Å². The number of amides is 3. The van der Waals surface area contributed by atoms with Crippen LogP contribution in [-0.2, 0) is 41.6 Å². The quantitative estimate of drug-likeness (QED) is 0.159. The fraction of sp³-hybridized carbons (Fsp3) is 0.630. The highest BCUT2D eigenvalue weighted by Crippen LogP contribution is 2.30. The van der Waals surface area contributed by atoms with Gasteiger partial charge in [0.15, 0.2) is 0 Å². The Hall–Kier alpha value is -2.41. The first kappa shape index (κ1) is 33.8. The normalized spacial score (nSPS) is 18.7. The largest absolute Gasteiger partial charge is 0.416 e. The molecule has 1 aliphatic heterocycles. The number of hydrogen-bond donors (Lipinski definition) is 3. The Morgan fingerprint density at radius 1 is 1.10 bits per heavy atom. The molecule has 1 heterocycles. The Labute approximate surface area is 239 Å². The van der Waals surface area contributed by atoms with Gasteiger partial charge in [-0.05, 0) is 50.2 Å². The van der Waals surface area contributed by atoms with Gasteiger partial charge in [0.25, 0.3) is 5.91 Å². The Morgan fingerprint density at radius 3 is 2.42 bits per heavy atom. The van der Waals surface area contributed by atoms with E-state index in [-0.39, 0.29) is 48.4 Å². The van der Waals surface area contributed by atoms with Crippen LogP contribution in [-0.4, -0.2) is 57.3 Å². The summed E-state index contributed by atoms with van der Waals surface area (Å²) in [6.07, 6.45) is -1.56. The lowest BCUT2D eigenvalue weighted by atomic mass is 9.98. The summed E-state index contributed by atoms with van der Waals surface area (Å²) in [5, 5.41) is 7.70. The molecule has 0 aliphatic carbocycles. The van der Waals surface area contributed by atoms with Gasteiger partial charge in [-0.3, -0.25) is 19.2 Å². The molecular weight excluding hydrogens is 567 g/mol. The van der Waals surface area contributed by atoms with Crippen LogP contribution in [0.1, 0.15) is 70.4 Å². The first-order valence-electron chi connectivity index (χ1n) is 13.4. The summed E-state index contributed by atoms with van der Waals surface area (Å²) in [5.74, 6) is -2.15. The SMILES string of the molecule is CCNC(=O)C(=O)[C@H](Cc1cccc(C(F)(F)F)c1)NC(=O)[C@H](CC(C)C)NC(=O)CCCCC1CCSS1=O. The van der Waals surface area contributed by atoms with E-state index < -0.39 is 51.3 Å². The van der Waals surface area contributed by atoms with E-state index in [4.69, 9.17) is 0 Å². The Morgan fingerprint density at radius 2 is 1.82 bits per heavy atom. The lowest BCUT2D eigenvalue weighted by Crippen LogP contribution is -2.54. The van der Waals surface area contributed by atoms with Gasteiger partial charge in [-0.25, -0.2) is 4.21 Å². The van der Waals surface area contributed by atoms with Crippen molar-refractivity contribution in [1.29, 1.82) is 0 Å². The minimum Gasteiger partial charge on any atom is -0.350 e. The molecule has 1 aliphatic rings. The molecular formula is C27H38F3N3O5S2. The summed E-state index contributed by atoms with van der Waals surface area (Å²) in [7, 11) is 0.569. The fourth-order valence-corrected chi connectivity index (χ4v) is 7.81. The molecule has 0 bridgehead atoms. The number of benzene rings is 1. The van der Waals surface area contributed by atoms with Gasteiger partial charge in [0.05, 0.1) is 15.4 Å². The standard InChI is InChI=1S/C27H38F3N3O5S2/c1-4-31-26(37)24(35)21(16-18-8-7-9-19(15-18)27(28,29)30)33-25(36)22(14-17(2)3)32-23(34)11-6-5-10-20-12-13-39-40(20)38/h7-9,15,17,20-22H,4-6,10-14,16H2,1-3H3,(H,31,37)(H,32,34)(H,33,36)/t20?,21-,22-,40?/m0/s1.